The zero-order valence-electron chi connectivity index (χ0n) is 12.3. The summed E-state index contributed by atoms with van der Waals surface area (Å²) in [5.74, 6) is 0. The van der Waals surface area contributed by atoms with Crippen LogP contribution in [-0.2, 0) is 7.05 Å². The lowest BCUT2D eigenvalue weighted by Crippen LogP contribution is -2.39. The lowest BCUT2D eigenvalue weighted by atomic mass is 10.1. The van der Waals surface area contributed by atoms with E-state index in [0.29, 0.717) is 12.1 Å². The van der Waals surface area contributed by atoms with Crippen LogP contribution in [0.25, 0.3) is 0 Å². The maximum absolute atomic E-state index is 4.40. The van der Waals surface area contributed by atoms with E-state index in [2.05, 4.69) is 49.3 Å². The topological polar surface area (TPSA) is 33.1 Å². The standard InChI is InChI=1S/C14H26N4/c1-10(18(5)13-6-7-13)8-15-11(2)14-9-17(4)16-12(14)3/h9-11,13,15H,6-8H2,1-5H3. The molecule has 0 aliphatic heterocycles. The van der Waals surface area contributed by atoms with Crippen LogP contribution in [0.3, 0.4) is 0 Å². The van der Waals surface area contributed by atoms with Crippen LogP contribution in [0, 0.1) is 6.92 Å². The lowest BCUT2D eigenvalue weighted by Gasteiger charge is -2.26. The van der Waals surface area contributed by atoms with E-state index in [4.69, 9.17) is 0 Å². The van der Waals surface area contributed by atoms with Crippen molar-refractivity contribution in [1.29, 1.82) is 0 Å². The zero-order valence-corrected chi connectivity index (χ0v) is 12.3. The molecule has 2 atom stereocenters. The number of hydrogen-bond acceptors (Lipinski definition) is 3. The molecule has 18 heavy (non-hydrogen) atoms. The Labute approximate surface area is 110 Å². The van der Waals surface area contributed by atoms with Crippen molar-refractivity contribution in [2.75, 3.05) is 13.6 Å². The maximum Gasteiger partial charge on any atom is 0.0641 e. The molecule has 0 aromatic carbocycles. The third-order valence-electron chi connectivity index (χ3n) is 4.06. The highest BCUT2D eigenvalue weighted by atomic mass is 15.3. The summed E-state index contributed by atoms with van der Waals surface area (Å²) in [6.07, 6.45) is 4.86. The minimum atomic E-state index is 0.369. The van der Waals surface area contributed by atoms with E-state index in [9.17, 15) is 0 Å². The maximum atomic E-state index is 4.40. The van der Waals surface area contributed by atoms with Gasteiger partial charge in [0.25, 0.3) is 0 Å². The Morgan fingerprint density at radius 1 is 1.50 bits per heavy atom. The van der Waals surface area contributed by atoms with Crippen LogP contribution in [0.5, 0.6) is 0 Å². The number of nitrogens with zero attached hydrogens (tertiary/aromatic N) is 3. The number of aromatic nitrogens is 2. The van der Waals surface area contributed by atoms with Gasteiger partial charge in [0.05, 0.1) is 5.69 Å². The molecule has 0 amide bonds. The van der Waals surface area contributed by atoms with Gasteiger partial charge in [0.1, 0.15) is 0 Å². The molecular formula is C14H26N4. The molecule has 4 heteroatoms. The second kappa shape index (κ2) is 5.41. The Morgan fingerprint density at radius 2 is 2.17 bits per heavy atom. The van der Waals surface area contributed by atoms with Gasteiger partial charge >= 0.3 is 0 Å². The van der Waals surface area contributed by atoms with Gasteiger partial charge in [-0.05, 0) is 40.7 Å². The van der Waals surface area contributed by atoms with Crippen LogP contribution in [0.4, 0.5) is 0 Å². The minimum Gasteiger partial charge on any atom is -0.309 e. The van der Waals surface area contributed by atoms with Gasteiger partial charge in [-0.1, -0.05) is 0 Å². The van der Waals surface area contributed by atoms with Crippen molar-refractivity contribution in [3.63, 3.8) is 0 Å². The van der Waals surface area contributed by atoms with Gasteiger partial charge in [-0.25, -0.2) is 0 Å². The minimum absolute atomic E-state index is 0.369. The van der Waals surface area contributed by atoms with E-state index >= 15 is 0 Å². The van der Waals surface area contributed by atoms with Crippen molar-refractivity contribution < 1.29 is 0 Å². The molecule has 4 nitrogen and oxygen atoms in total. The highest BCUT2D eigenvalue weighted by molar-refractivity contribution is 5.19. The molecule has 0 saturated heterocycles. The van der Waals surface area contributed by atoms with Gasteiger partial charge in [-0.2, -0.15) is 5.10 Å². The van der Waals surface area contributed by atoms with Crippen molar-refractivity contribution in [3.8, 4) is 0 Å². The lowest BCUT2D eigenvalue weighted by molar-refractivity contribution is 0.237. The van der Waals surface area contributed by atoms with Crippen LogP contribution in [0.1, 0.15) is 44.0 Å². The third-order valence-corrected chi connectivity index (χ3v) is 4.06. The van der Waals surface area contributed by atoms with Gasteiger partial charge < -0.3 is 5.32 Å². The van der Waals surface area contributed by atoms with Gasteiger partial charge in [0.15, 0.2) is 0 Å². The van der Waals surface area contributed by atoms with Gasteiger partial charge in [0, 0.05) is 43.5 Å². The molecule has 1 aliphatic rings. The quantitative estimate of drug-likeness (QED) is 0.836. The SMILES string of the molecule is Cc1nn(C)cc1C(C)NCC(C)N(C)C1CC1. The van der Waals surface area contributed by atoms with Crippen LogP contribution >= 0.6 is 0 Å². The third kappa shape index (κ3) is 3.12. The molecule has 0 spiro atoms. The molecule has 2 unspecified atom stereocenters. The van der Waals surface area contributed by atoms with Crippen LogP contribution < -0.4 is 5.32 Å². The first-order valence-electron chi connectivity index (χ1n) is 6.94. The Hall–Kier alpha value is -0.870. The first-order chi connectivity index (χ1) is 8.49. The fourth-order valence-corrected chi connectivity index (χ4v) is 2.49. The number of likely N-dealkylation sites (N-methyl/N-ethyl adjacent to an activating group) is 1. The van der Waals surface area contributed by atoms with Crippen molar-refractivity contribution in [3.05, 3.63) is 17.5 Å². The average molecular weight is 250 g/mol. The van der Waals surface area contributed by atoms with Gasteiger partial charge in [0.2, 0.25) is 0 Å². The van der Waals surface area contributed by atoms with Gasteiger partial charge in [-0.3, -0.25) is 9.58 Å². The van der Waals surface area contributed by atoms with Crippen molar-refractivity contribution in [2.24, 2.45) is 7.05 Å². The van der Waals surface area contributed by atoms with E-state index in [-0.39, 0.29) is 0 Å². The van der Waals surface area contributed by atoms with E-state index in [1.807, 2.05) is 11.7 Å². The summed E-state index contributed by atoms with van der Waals surface area (Å²) in [6.45, 7) is 7.62. The molecule has 102 valence electrons. The van der Waals surface area contributed by atoms with E-state index in [1.54, 1.807) is 0 Å². The fourth-order valence-electron chi connectivity index (χ4n) is 2.49. The fraction of sp³-hybridized carbons (Fsp3) is 0.786. The van der Waals surface area contributed by atoms with Crippen molar-refractivity contribution in [2.45, 2.75) is 51.7 Å². The summed E-state index contributed by atoms with van der Waals surface area (Å²) in [4.78, 5) is 2.50. The van der Waals surface area contributed by atoms with Crippen LogP contribution in [0.2, 0.25) is 0 Å². The molecule has 1 aromatic rings. The van der Waals surface area contributed by atoms with Gasteiger partial charge in [-0.15, -0.1) is 0 Å². The Kier molecular flexibility index (Phi) is 4.07. The smallest absolute Gasteiger partial charge is 0.0641 e. The van der Waals surface area contributed by atoms with E-state index in [0.717, 1.165) is 18.3 Å². The highest BCUT2D eigenvalue weighted by Gasteiger charge is 2.29. The van der Waals surface area contributed by atoms with E-state index in [1.165, 1.54) is 18.4 Å². The Bertz CT molecular complexity index is 394. The Balaban J connectivity index is 1.83. The summed E-state index contributed by atoms with van der Waals surface area (Å²) in [6, 6.07) is 1.79. The molecular weight excluding hydrogens is 224 g/mol. The van der Waals surface area contributed by atoms with Crippen LogP contribution in [0.15, 0.2) is 6.20 Å². The molecule has 1 heterocycles. The van der Waals surface area contributed by atoms with E-state index < -0.39 is 0 Å². The number of hydrogen-bond donors (Lipinski definition) is 1. The molecule has 1 aromatic heterocycles. The number of nitrogens with one attached hydrogen (secondary N) is 1. The average Bonchev–Trinajstić information content (AvgIpc) is 3.10. The molecule has 2 rings (SSSR count). The second-order valence-electron chi connectivity index (χ2n) is 5.72. The van der Waals surface area contributed by atoms with Crippen molar-refractivity contribution in [1.82, 2.24) is 20.0 Å². The van der Waals surface area contributed by atoms with Crippen molar-refractivity contribution >= 4 is 0 Å². The molecule has 0 bridgehead atoms. The molecule has 1 aliphatic carbocycles. The first kappa shape index (κ1) is 13.6. The Morgan fingerprint density at radius 3 is 2.67 bits per heavy atom. The summed E-state index contributed by atoms with van der Waals surface area (Å²) in [7, 11) is 4.22. The van der Waals surface area contributed by atoms with Crippen LogP contribution in [-0.4, -0.2) is 40.4 Å². The largest absolute Gasteiger partial charge is 0.309 e. The molecule has 1 N–H and O–H groups in total. The number of aryl methyl sites for hydroxylation is 2. The highest BCUT2D eigenvalue weighted by Crippen LogP contribution is 2.27. The molecule has 1 fully saturated rings. The zero-order chi connectivity index (χ0) is 13.3. The summed E-state index contributed by atoms with van der Waals surface area (Å²) in [5, 5.41) is 8.02. The summed E-state index contributed by atoms with van der Waals surface area (Å²) in [5.41, 5.74) is 2.43. The number of rotatable bonds is 6. The predicted molar refractivity (Wildman–Crippen MR) is 74.6 cm³/mol. The summed E-state index contributed by atoms with van der Waals surface area (Å²) < 4.78 is 1.89. The molecule has 1 saturated carbocycles. The predicted octanol–water partition coefficient (Wildman–Crippen LogP) is 1.86. The monoisotopic (exact) mass is 250 g/mol. The first-order valence-corrected chi connectivity index (χ1v) is 6.94. The summed E-state index contributed by atoms with van der Waals surface area (Å²) >= 11 is 0. The normalized spacial score (nSPS) is 19.2. The second-order valence-corrected chi connectivity index (χ2v) is 5.72. The molecule has 0 radical (unpaired) electrons.